The Hall–Kier alpha value is -1.73. The number of carboxylic acid groups (broad SMARTS) is 1. The summed E-state index contributed by atoms with van der Waals surface area (Å²) in [4.78, 5) is 12.3. The molecule has 8 heteroatoms. The lowest BCUT2D eigenvalue weighted by Gasteiger charge is -2.27. The maximum Gasteiger partial charge on any atom is 0.435 e. The van der Waals surface area contributed by atoms with Crippen molar-refractivity contribution in [3.63, 3.8) is 0 Å². The fourth-order valence-corrected chi connectivity index (χ4v) is 3.64. The number of nitrogens with zero attached hydrogens (tertiary/aromatic N) is 3. The molecule has 1 aromatic heterocycles. The number of alkyl halides is 3. The van der Waals surface area contributed by atoms with Crippen LogP contribution in [-0.4, -0.2) is 32.4 Å². The fraction of sp³-hybridized carbons (Fsp3) is 0.733. The highest BCUT2D eigenvalue weighted by molar-refractivity contribution is 5.65. The van der Waals surface area contributed by atoms with Crippen molar-refractivity contribution < 1.29 is 23.1 Å². The molecule has 1 fully saturated rings. The second-order valence-electron chi connectivity index (χ2n) is 6.41. The first-order valence-corrected chi connectivity index (χ1v) is 8.00. The van der Waals surface area contributed by atoms with E-state index in [1.54, 1.807) is 0 Å². The summed E-state index contributed by atoms with van der Waals surface area (Å²) in [7, 11) is 0. The Morgan fingerprint density at radius 2 is 1.96 bits per heavy atom. The maximum atomic E-state index is 13.2. The summed E-state index contributed by atoms with van der Waals surface area (Å²) in [5.74, 6) is 0.328. The summed E-state index contributed by atoms with van der Waals surface area (Å²) in [6.07, 6.45) is -0.155. The second-order valence-corrected chi connectivity index (χ2v) is 6.41. The minimum Gasteiger partial charge on any atom is -0.465 e. The molecule has 1 aromatic rings. The number of hydrogen-bond acceptors (Lipinski definition) is 2. The van der Waals surface area contributed by atoms with Gasteiger partial charge in [-0.25, -0.2) is 4.79 Å². The molecule has 1 aliphatic heterocycles. The molecule has 128 valence electrons. The molecule has 0 saturated heterocycles. The maximum absolute atomic E-state index is 13.2. The molecule has 3 rings (SSSR count). The van der Waals surface area contributed by atoms with Gasteiger partial charge in [-0.2, -0.15) is 18.3 Å². The van der Waals surface area contributed by atoms with Gasteiger partial charge in [-0.05, 0) is 25.2 Å². The number of carbonyl (C=O) groups is 1. The highest BCUT2D eigenvalue weighted by atomic mass is 19.4. The molecule has 0 radical (unpaired) electrons. The van der Waals surface area contributed by atoms with Crippen molar-refractivity contribution in [2.45, 2.75) is 57.8 Å². The predicted octanol–water partition coefficient (Wildman–Crippen LogP) is 3.52. The van der Waals surface area contributed by atoms with Crippen LogP contribution in [0.25, 0.3) is 0 Å². The van der Waals surface area contributed by atoms with Crippen molar-refractivity contribution in [3.8, 4) is 0 Å². The number of fused-ring (bicyclic) bond motifs is 1. The van der Waals surface area contributed by atoms with Crippen LogP contribution in [0.5, 0.6) is 0 Å². The Kier molecular flexibility index (Phi) is 4.25. The van der Waals surface area contributed by atoms with E-state index in [0.717, 1.165) is 30.6 Å². The van der Waals surface area contributed by atoms with Crippen LogP contribution in [0.15, 0.2) is 0 Å². The number of hydrogen-bond donors (Lipinski definition) is 1. The first-order valence-electron chi connectivity index (χ1n) is 8.00. The minimum absolute atomic E-state index is 0.0134. The number of aromatic nitrogens is 2. The average molecular weight is 331 g/mol. The van der Waals surface area contributed by atoms with Gasteiger partial charge in [0.1, 0.15) is 0 Å². The monoisotopic (exact) mass is 331 g/mol. The minimum atomic E-state index is -4.49. The highest BCUT2D eigenvalue weighted by Crippen LogP contribution is 2.36. The van der Waals surface area contributed by atoms with Crippen LogP contribution in [0.3, 0.4) is 0 Å². The van der Waals surface area contributed by atoms with E-state index in [9.17, 15) is 18.0 Å². The SMILES string of the molecule is O=C(O)N1CCc2c(C(F)(F)F)nn(CC3CCCCC3)c2C1. The number of amides is 1. The average Bonchev–Trinajstić information content (AvgIpc) is 2.86. The highest BCUT2D eigenvalue weighted by Gasteiger charge is 2.41. The molecular formula is C15H20F3N3O2. The van der Waals surface area contributed by atoms with Crippen molar-refractivity contribution in [1.29, 1.82) is 0 Å². The van der Waals surface area contributed by atoms with E-state index in [0.29, 0.717) is 18.2 Å². The largest absolute Gasteiger partial charge is 0.465 e. The first-order chi connectivity index (χ1) is 10.9. The molecule has 1 aliphatic carbocycles. The lowest BCUT2D eigenvalue weighted by Crippen LogP contribution is -2.36. The van der Waals surface area contributed by atoms with E-state index < -0.39 is 18.0 Å². The summed E-state index contributed by atoms with van der Waals surface area (Å²) < 4.78 is 41.1. The van der Waals surface area contributed by atoms with Crippen LogP contribution in [-0.2, 0) is 25.7 Å². The van der Waals surface area contributed by atoms with E-state index in [-0.39, 0.29) is 25.1 Å². The van der Waals surface area contributed by atoms with Crippen LogP contribution in [0.2, 0.25) is 0 Å². The van der Waals surface area contributed by atoms with Gasteiger partial charge < -0.3 is 10.0 Å². The molecular weight excluding hydrogens is 311 g/mol. The normalized spacial score (nSPS) is 19.7. The van der Waals surface area contributed by atoms with Gasteiger partial charge in [0.05, 0.1) is 12.2 Å². The van der Waals surface area contributed by atoms with Gasteiger partial charge in [-0.1, -0.05) is 19.3 Å². The fourth-order valence-electron chi connectivity index (χ4n) is 3.64. The molecule has 0 spiro atoms. The zero-order valence-corrected chi connectivity index (χ0v) is 12.8. The van der Waals surface area contributed by atoms with E-state index in [2.05, 4.69) is 5.10 Å². The predicted molar refractivity (Wildman–Crippen MR) is 75.9 cm³/mol. The first kappa shape index (κ1) is 16.1. The van der Waals surface area contributed by atoms with Crippen LogP contribution in [0.1, 0.15) is 49.1 Å². The van der Waals surface area contributed by atoms with Gasteiger partial charge in [0, 0.05) is 18.7 Å². The number of rotatable bonds is 2. The third-order valence-corrected chi connectivity index (χ3v) is 4.83. The summed E-state index contributed by atoms with van der Waals surface area (Å²) in [5, 5.41) is 12.9. The molecule has 0 aromatic carbocycles. The zero-order valence-electron chi connectivity index (χ0n) is 12.8. The Labute approximate surface area is 132 Å². The zero-order chi connectivity index (χ0) is 16.6. The summed E-state index contributed by atoms with van der Waals surface area (Å²) in [6, 6.07) is 0. The smallest absolute Gasteiger partial charge is 0.435 e. The van der Waals surface area contributed by atoms with Crippen molar-refractivity contribution in [2.75, 3.05) is 6.54 Å². The molecule has 1 saturated carbocycles. The molecule has 2 heterocycles. The van der Waals surface area contributed by atoms with E-state index in [4.69, 9.17) is 5.11 Å². The number of halogens is 3. The Bertz CT molecular complexity index is 592. The van der Waals surface area contributed by atoms with Crippen LogP contribution in [0, 0.1) is 5.92 Å². The Morgan fingerprint density at radius 3 is 2.57 bits per heavy atom. The molecule has 0 unspecified atom stereocenters. The topological polar surface area (TPSA) is 58.4 Å². The van der Waals surface area contributed by atoms with Crippen LogP contribution < -0.4 is 0 Å². The van der Waals surface area contributed by atoms with Gasteiger partial charge in [0.25, 0.3) is 0 Å². The van der Waals surface area contributed by atoms with E-state index in [1.165, 1.54) is 11.1 Å². The second kappa shape index (κ2) is 6.05. The lowest BCUT2D eigenvalue weighted by atomic mass is 9.89. The van der Waals surface area contributed by atoms with Gasteiger partial charge in [0.2, 0.25) is 0 Å². The molecule has 2 aliphatic rings. The van der Waals surface area contributed by atoms with Crippen molar-refractivity contribution >= 4 is 6.09 Å². The lowest BCUT2D eigenvalue weighted by molar-refractivity contribution is -0.142. The van der Waals surface area contributed by atoms with Crippen molar-refractivity contribution in [2.24, 2.45) is 5.92 Å². The van der Waals surface area contributed by atoms with Crippen molar-refractivity contribution in [3.05, 3.63) is 17.0 Å². The Balaban J connectivity index is 1.91. The van der Waals surface area contributed by atoms with Crippen LogP contribution in [0.4, 0.5) is 18.0 Å². The van der Waals surface area contributed by atoms with Gasteiger partial charge in [0.15, 0.2) is 5.69 Å². The van der Waals surface area contributed by atoms with Gasteiger partial charge in [-0.3, -0.25) is 4.68 Å². The summed E-state index contributed by atoms with van der Waals surface area (Å²) in [5.41, 5.74) is -0.254. The molecule has 0 atom stereocenters. The van der Waals surface area contributed by atoms with E-state index in [1.807, 2.05) is 0 Å². The Morgan fingerprint density at radius 1 is 1.26 bits per heavy atom. The van der Waals surface area contributed by atoms with Crippen LogP contribution >= 0.6 is 0 Å². The molecule has 5 nitrogen and oxygen atoms in total. The third kappa shape index (κ3) is 3.30. The van der Waals surface area contributed by atoms with E-state index >= 15 is 0 Å². The van der Waals surface area contributed by atoms with Crippen molar-refractivity contribution in [1.82, 2.24) is 14.7 Å². The van der Waals surface area contributed by atoms with Gasteiger partial charge >= 0.3 is 12.3 Å². The molecule has 0 bridgehead atoms. The third-order valence-electron chi connectivity index (χ3n) is 4.83. The molecule has 23 heavy (non-hydrogen) atoms. The standard InChI is InChI=1S/C15H20F3N3O2/c16-15(17,18)13-11-6-7-20(14(22)23)9-12(11)21(19-13)8-10-4-2-1-3-5-10/h10H,1-9H2,(H,22,23). The van der Waals surface area contributed by atoms with Gasteiger partial charge in [-0.15, -0.1) is 0 Å². The summed E-state index contributed by atoms with van der Waals surface area (Å²) in [6.45, 7) is 0.521. The summed E-state index contributed by atoms with van der Waals surface area (Å²) >= 11 is 0. The molecule has 1 amide bonds. The molecule has 1 N–H and O–H groups in total. The quantitative estimate of drug-likeness (QED) is 0.902.